The molecule has 0 radical (unpaired) electrons. The first-order valence-corrected chi connectivity index (χ1v) is 10.6. The molecule has 1 saturated carbocycles. The molecule has 2 aromatic carbocycles. The number of morpholine rings is 1. The van der Waals surface area contributed by atoms with Gasteiger partial charge in [-0.25, -0.2) is 0 Å². The Bertz CT molecular complexity index is 792. The van der Waals surface area contributed by atoms with Gasteiger partial charge in [0.25, 0.3) is 5.91 Å². The van der Waals surface area contributed by atoms with E-state index in [2.05, 4.69) is 22.3 Å². The number of carbonyl (C=O) groups excluding carboxylic acids is 1. The van der Waals surface area contributed by atoms with E-state index in [0.29, 0.717) is 24.2 Å². The van der Waals surface area contributed by atoms with Gasteiger partial charge in [0.1, 0.15) is 0 Å². The Labute approximate surface area is 171 Å². The van der Waals surface area contributed by atoms with Gasteiger partial charge in [-0.2, -0.15) is 0 Å². The van der Waals surface area contributed by atoms with Gasteiger partial charge in [-0.15, -0.1) is 0 Å². The molecule has 2 aromatic rings. The van der Waals surface area contributed by atoms with Crippen LogP contribution in [0, 0.1) is 0 Å². The van der Waals surface area contributed by atoms with E-state index in [1.165, 1.54) is 25.7 Å². The molecule has 1 saturated heterocycles. The highest BCUT2D eigenvalue weighted by atomic mass is 35.5. The molecule has 1 aliphatic carbocycles. The quantitative estimate of drug-likeness (QED) is 0.814. The number of nitrogens with one attached hydrogen (secondary N) is 1. The maximum Gasteiger partial charge on any atom is 0.251 e. The molecule has 0 aromatic heterocycles. The fourth-order valence-corrected chi connectivity index (χ4v) is 4.70. The van der Waals surface area contributed by atoms with Gasteiger partial charge in [0.2, 0.25) is 0 Å². The van der Waals surface area contributed by atoms with Crippen molar-refractivity contribution >= 4 is 17.5 Å². The van der Waals surface area contributed by atoms with E-state index in [9.17, 15) is 4.79 Å². The van der Waals surface area contributed by atoms with Crippen LogP contribution in [0.5, 0.6) is 0 Å². The van der Waals surface area contributed by atoms with Crippen LogP contribution in [0.3, 0.4) is 0 Å². The van der Waals surface area contributed by atoms with Crippen LogP contribution < -0.4 is 5.32 Å². The lowest BCUT2D eigenvalue weighted by Gasteiger charge is -2.44. The van der Waals surface area contributed by atoms with Crippen LogP contribution in [0.4, 0.5) is 0 Å². The topological polar surface area (TPSA) is 41.6 Å². The number of hydrogen-bond acceptors (Lipinski definition) is 3. The van der Waals surface area contributed by atoms with Gasteiger partial charge >= 0.3 is 0 Å². The summed E-state index contributed by atoms with van der Waals surface area (Å²) in [7, 11) is 0. The molecule has 5 heteroatoms. The number of nitrogens with zero attached hydrogens (tertiary/aromatic N) is 1. The van der Waals surface area contributed by atoms with E-state index in [1.54, 1.807) is 0 Å². The minimum Gasteiger partial charge on any atom is -0.365 e. The molecule has 2 aliphatic rings. The second kappa shape index (κ2) is 9.08. The smallest absolute Gasteiger partial charge is 0.251 e. The fourth-order valence-electron chi connectivity index (χ4n) is 4.50. The van der Waals surface area contributed by atoms with E-state index in [0.717, 1.165) is 17.7 Å². The van der Waals surface area contributed by atoms with Crippen LogP contribution in [-0.4, -0.2) is 36.1 Å². The third-order valence-electron chi connectivity index (χ3n) is 5.90. The molecule has 0 bridgehead atoms. The zero-order chi connectivity index (χ0) is 19.3. The first kappa shape index (κ1) is 19.4. The lowest BCUT2D eigenvalue weighted by molar-refractivity contribution is -0.148. The molecule has 1 aliphatic heterocycles. The summed E-state index contributed by atoms with van der Waals surface area (Å²) in [6.07, 6.45) is 4.44. The average Bonchev–Trinajstić information content (AvgIpc) is 3.28. The van der Waals surface area contributed by atoms with Crippen molar-refractivity contribution in [1.29, 1.82) is 0 Å². The lowest BCUT2D eigenvalue weighted by atomic mass is 9.95. The van der Waals surface area contributed by atoms with Crippen molar-refractivity contribution in [2.24, 2.45) is 0 Å². The van der Waals surface area contributed by atoms with Gasteiger partial charge < -0.3 is 10.1 Å². The Morgan fingerprint density at radius 3 is 2.54 bits per heavy atom. The van der Waals surface area contributed by atoms with Gasteiger partial charge in [-0.05, 0) is 30.0 Å². The molecule has 148 valence electrons. The number of rotatable bonds is 5. The lowest BCUT2D eigenvalue weighted by Crippen LogP contribution is -2.54. The van der Waals surface area contributed by atoms with Gasteiger partial charge in [0.05, 0.1) is 12.6 Å². The molecule has 0 unspecified atom stereocenters. The third-order valence-corrected chi connectivity index (χ3v) is 6.26. The van der Waals surface area contributed by atoms with E-state index in [-0.39, 0.29) is 11.9 Å². The second-order valence-corrected chi connectivity index (χ2v) is 8.04. The van der Waals surface area contributed by atoms with Gasteiger partial charge in [0, 0.05) is 24.2 Å². The molecular formula is C23H27ClN2O2. The molecule has 1 N–H and O–H groups in total. The van der Waals surface area contributed by atoms with E-state index < -0.39 is 6.10 Å². The predicted molar refractivity (Wildman–Crippen MR) is 111 cm³/mol. The summed E-state index contributed by atoms with van der Waals surface area (Å²) >= 11 is 6.24. The van der Waals surface area contributed by atoms with Gasteiger partial charge in [-0.1, -0.05) is 73.0 Å². The van der Waals surface area contributed by atoms with Crippen LogP contribution in [0.15, 0.2) is 54.6 Å². The second-order valence-electron chi connectivity index (χ2n) is 7.63. The standard InChI is InChI=1S/C23H27ClN2O2/c24-20-13-7-4-10-18(20)16-25-23(27)22-21(17-8-2-1-3-9-17)26(14-15-28-22)19-11-5-6-12-19/h1-4,7-10,13,19,21-22H,5-6,11-12,14-16H2,(H,25,27)/t21-,22+/m0/s1. The maximum atomic E-state index is 13.1. The minimum atomic E-state index is -0.515. The van der Waals surface area contributed by atoms with Crippen molar-refractivity contribution < 1.29 is 9.53 Å². The number of halogens is 1. The van der Waals surface area contributed by atoms with Crippen LogP contribution >= 0.6 is 11.6 Å². The Kier molecular flexibility index (Phi) is 6.30. The number of hydrogen-bond donors (Lipinski definition) is 1. The zero-order valence-electron chi connectivity index (χ0n) is 16.0. The Morgan fingerprint density at radius 1 is 1.07 bits per heavy atom. The normalized spacial score (nSPS) is 23.6. The van der Waals surface area contributed by atoms with Crippen molar-refractivity contribution in [2.75, 3.05) is 13.2 Å². The zero-order valence-corrected chi connectivity index (χ0v) is 16.8. The van der Waals surface area contributed by atoms with Crippen LogP contribution in [-0.2, 0) is 16.1 Å². The molecule has 28 heavy (non-hydrogen) atoms. The summed E-state index contributed by atoms with van der Waals surface area (Å²) < 4.78 is 6.03. The van der Waals surface area contributed by atoms with Gasteiger partial charge in [0.15, 0.2) is 6.10 Å². The number of amides is 1. The summed E-state index contributed by atoms with van der Waals surface area (Å²) in [6.45, 7) is 1.87. The van der Waals surface area contributed by atoms with Crippen molar-refractivity contribution in [3.63, 3.8) is 0 Å². The highest BCUT2D eigenvalue weighted by Crippen LogP contribution is 2.36. The van der Waals surface area contributed by atoms with Crippen LogP contribution in [0.2, 0.25) is 5.02 Å². The summed E-state index contributed by atoms with van der Waals surface area (Å²) in [5, 5.41) is 3.71. The highest BCUT2D eigenvalue weighted by Gasteiger charge is 2.41. The fraction of sp³-hybridized carbons (Fsp3) is 0.435. The number of carbonyl (C=O) groups is 1. The summed E-state index contributed by atoms with van der Waals surface area (Å²) in [5.74, 6) is -0.0727. The van der Waals surface area contributed by atoms with Crippen molar-refractivity contribution in [3.05, 3.63) is 70.7 Å². The van der Waals surface area contributed by atoms with Crippen LogP contribution in [0.1, 0.15) is 42.9 Å². The molecule has 4 nitrogen and oxygen atoms in total. The van der Waals surface area contributed by atoms with Crippen molar-refractivity contribution in [1.82, 2.24) is 10.2 Å². The molecule has 4 rings (SSSR count). The molecule has 2 fully saturated rings. The van der Waals surface area contributed by atoms with Crippen molar-refractivity contribution in [3.8, 4) is 0 Å². The molecular weight excluding hydrogens is 372 g/mol. The van der Waals surface area contributed by atoms with E-state index >= 15 is 0 Å². The van der Waals surface area contributed by atoms with Crippen LogP contribution in [0.25, 0.3) is 0 Å². The number of benzene rings is 2. The first-order chi connectivity index (χ1) is 13.7. The molecule has 1 amide bonds. The summed E-state index contributed by atoms with van der Waals surface area (Å²) in [6, 6.07) is 18.4. The Balaban J connectivity index is 1.54. The average molecular weight is 399 g/mol. The molecule has 1 heterocycles. The minimum absolute atomic E-state index is 0.0516. The summed E-state index contributed by atoms with van der Waals surface area (Å²) in [4.78, 5) is 15.6. The largest absolute Gasteiger partial charge is 0.365 e. The van der Waals surface area contributed by atoms with E-state index in [4.69, 9.17) is 16.3 Å². The maximum absolute atomic E-state index is 13.1. The Morgan fingerprint density at radius 2 is 1.79 bits per heavy atom. The summed E-state index contributed by atoms with van der Waals surface area (Å²) in [5.41, 5.74) is 2.06. The van der Waals surface area contributed by atoms with E-state index in [1.807, 2.05) is 42.5 Å². The number of ether oxygens (including phenoxy) is 1. The first-order valence-electron chi connectivity index (χ1n) is 10.2. The van der Waals surface area contributed by atoms with Gasteiger partial charge in [-0.3, -0.25) is 9.69 Å². The monoisotopic (exact) mass is 398 g/mol. The SMILES string of the molecule is O=C(NCc1ccccc1Cl)[C@@H]1OCCN(C2CCCC2)[C@H]1c1ccccc1. The molecule has 2 atom stereocenters. The third kappa shape index (κ3) is 4.24. The highest BCUT2D eigenvalue weighted by molar-refractivity contribution is 6.31. The Hall–Kier alpha value is -1.88. The molecule has 0 spiro atoms. The van der Waals surface area contributed by atoms with Crippen molar-refractivity contribution in [2.45, 2.75) is 50.4 Å². The predicted octanol–water partition coefficient (Wildman–Crippen LogP) is 4.34.